The molecule has 3 atom stereocenters. The van der Waals surface area contributed by atoms with Gasteiger partial charge in [-0.15, -0.1) is 0 Å². The molecule has 0 bridgehead atoms. The van der Waals surface area contributed by atoms with Crippen molar-refractivity contribution < 1.29 is 19.2 Å². The number of amides is 1. The molecule has 2 aliphatic rings. The number of rotatable bonds is 7. The van der Waals surface area contributed by atoms with Crippen LogP contribution in [0.1, 0.15) is 58.6 Å². The topological polar surface area (TPSA) is 89.0 Å². The lowest BCUT2D eigenvalue weighted by Crippen LogP contribution is -2.50. The van der Waals surface area contributed by atoms with Crippen molar-refractivity contribution in [1.82, 2.24) is 9.88 Å². The Balaban J connectivity index is 1.51. The zero-order valence-corrected chi connectivity index (χ0v) is 18.5. The lowest BCUT2D eigenvalue weighted by Gasteiger charge is -2.41. The van der Waals surface area contributed by atoms with Crippen molar-refractivity contribution in [3.8, 4) is 0 Å². The highest BCUT2D eigenvalue weighted by Crippen LogP contribution is 2.37. The predicted molar refractivity (Wildman–Crippen MR) is 115 cm³/mol. The number of aromatic nitrogens is 1. The molecule has 0 radical (unpaired) electrons. The van der Waals surface area contributed by atoms with Gasteiger partial charge in [-0.25, -0.2) is 4.79 Å². The van der Waals surface area contributed by atoms with Crippen LogP contribution in [0.3, 0.4) is 0 Å². The first-order valence-electron chi connectivity index (χ1n) is 10.5. The number of hydrogen-bond acceptors (Lipinski definition) is 5. The zero-order chi connectivity index (χ0) is 21.0. The molecule has 3 heterocycles. The molecule has 1 saturated heterocycles. The average molecular weight is 424 g/mol. The number of likely N-dealkylation sites (tertiary alicyclic amines) is 1. The fraction of sp³-hybridized carbons (Fsp3) is 0.714. The maximum absolute atomic E-state index is 13.3. The summed E-state index contributed by atoms with van der Waals surface area (Å²) in [6.07, 6.45) is 6.50. The molecule has 0 spiro atoms. The van der Waals surface area contributed by atoms with Crippen molar-refractivity contribution in [2.75, 3.05) is 24.0 Å². The van der Waals surface area contributed by atoms with E-state index in [2.05, 4.69) is 9.29 Å². The van der Waals surface area contributed by atoms with E-state index in [0.29, 0.717) is 19.7 Å². The molecule has 1 amide bonds. The van der Waals surface area contributed by atoms with E-state index in [9.17, 15) is 9.35 Å². The SMILES string of the molecule is CC(C)(C)[S+]([O-])N1c2cccnc2CC[C@H]1CCCCO[C@@H]1CCN(C(=O)O)C1. The molecular weight excluding hydrogens is 390 g/mol. The molecule has 7 nitrogen and oxygen atoms in total. The van der Waals surface area contributed by atoms with Crippen molar-refractivity contribution in [3.63, 3.8) is 0 Å². The summed E-state index contributed by atoms with van der Waals surface area (Å²) in [5, 5.41) is 9.02. The van der Waals surface area contributed by atoms with Crippen LogP contribution in [0, 0.1) is 0 Å². The van der Waals surface area contributed by atoms with Crippen LogP contribution in [0.25, 0.3) is 0 Å². The van der Waals surface area contributed by atoms with Gasteiger partial charge in [0.15, 0.2) is 0 Å². The number of carbonyl (C=O) groups is 1. The molecule has 0 aromatic carbocycles. The second-order valence-electron chi connectivity index (χ2n) is 8.85. The number of anilines is 1. The zero-order valence-electron chi connectivity index (χ0n) is 17.7. The summed E-state index contributed by atoms with van der Waals surface area (Å²) < 4.78 is 20.9. The Kier molecular flexibility index (Phi) is 7.29. The minimum atomic E-state index is -1.13. The first-order valence-corrected chi connectivity index (χ1v) is 11.6. The van der Waals surface area contributed by atoms with Crippen molar-refractivity contribution >= 4 is 23.1 Å². The van der Waals surface area contributed by atoms with Gasteiger partial charge in [0.05, 0.1) is 35.7 Å². The largest absolute Gasteiger partial charge is 0.593 e. The van der Waals surface area contributed by atoms with E-state index in [1.165, 1.54) is 4.90 Å². The van der Waals surface area contributed by atoms with Crippen molar-refractivity contribution in [2.45, 2.75) is 76.2 Å². The number of fused-ring (bicyclic) bond motifs is 1. The van der Waals surface area contributed by atoms with Gasteiger partial charge in [-0.05, 0) is 71.4 Å². The molecule has 0 saturated carbocycles. The number of ether oxygens (including phenoxy) is 1. The standard InChI is InChI=1S/C21H33N3O4S/c1-21(2,3)29(27)24-16(9-10-18-19(24)8-6-12-22-18)7-4-5-14-28-17-11-13-23(15-17)20(25)26/h6,8,12,16-17H,4-5,7,9-11,13-15H2,1-3H3,(H,25,26)/t16-,17-,29?/m1/s1. The molecule has 29 heavy (non-hydrogen) atoms. The Morgan fingerprint density at radius 2 is 2.17 bits per heavy atom. The van der Waals surface area contributed by atoms with E-state index >= 15 is 0 Å². The van der Waals surface area contributed by atoms with Crippen LogP contribution in [0.4, 0.5) is 10.5 Å². The summed E-state index contributed by atoms with van der Waals surface area (Å²) >= 11 is -1.13. The number of nitrogens with zero attached hydrogens (tertiary/aromatic N) is 3. The van der Waals surface area contributed by atoms with Gasteiger partial charge in [-0.1, -0.05) is 0 Å². The summed E-state index contributed by atoms with van der Waals surface area (Å²) in [6, 6.07) is 4.19. The van der Waals surface area contributed by atoms with E-state index in [1.54, 1.807) is 0 Å². The van der Waals surface area contributed by atoms with Gasteiger partial charge in [0, 0.05) is 19.3 Å². The molecule has 1 N–H and O–H groups in total. The maximum atomic E-state index is 13.3. The molecule has 1 aromatic heterocycles. The quantitative estimate of drug-likeness (QED) is 0.532. The van der Waals surface area contributed by atoms with Gasteiger partial charge >= 0.3 is 6.09 Å². The third kappa shape index (κ3) is 5.55. The van der Waals surface area contributed by atoms with Crippen LogP contribution in [0.15, 0.2) is 18.3 Å². The second-order valence-corrected chi connectivity index (χ2v) is 11.0. The fourth-order valence-corrected chi connectivity index (χ4v) is 5.41. The monoisotopic (exact) mass is 423 g/mol. The molecule has 1 fully saturated rings. The molecule has 0 aliphatic carbocycles. The molecular formula is C21H33N3O4S. The average Bonchev–Trinajstić information content (AvgIpc) is 3.15. The Morgan fingerprint density at radius 3 is 2.86 bits per heavy atom. The van der Waals surface area contributed by atoms with Gasteiger partial charge in [-0.2, -0.15) is 4.31 Å². The number of aryl methyl sites for hydroxylation is 1. The molecule has 162 valence electrons. The predicted octanol–water partition coefficient (Wildman–Crippen LogP) is 3.60. The first kappa shape index (κ1) is 22.2. The number of hydrogen-bond donors (Lipinski definition) is 1. The lowest BCUT2D eigenvalue weighted by molar-refractivity contribution is 0.0558. The third-order valence-corrected chi connectivity index (χ3v) is 7.45. The first-order chi connectivity index (χ1) is 13.8. The Bertz CT molecular complexity index is 697. The van der Waals surface area contributed by atoms with Crippen LogP contribution in [-0.2, 0) is 22.5 Å². The maximum Gasteiger partial charge on any atom is 0.407 e. The number of pyridine rings is 1. The molecule has 1 aromatic rings. The summed E-state index contributed by atoms with van der Waals surface area (Å²) in [4.78, 5) is 16.9. The minimum Gasteiger partial charge on any atom is -0.593 e. The van der Waals surface area contributed by atoms with Crippen LogP contribution in [0.5, 0.6) is 0 Å². The second kappa shape index (κ2) is 9.53. The Hall–Kier alpha value is -1.51. The van der Waals surface area contributed by atoms with Crippen LogP contribution in [0.2, 0.25) is 0 Å². The van der Waals surface area contributed by atoms with E-state index in [4.69, 9.17) is 9.84 Å². The van der Waals surface area contributed by atoms with Gasteiger partial charge in [0.1, 0.15) is 10.4 Å². The Labute approximate surface area is 176 Å². The Morgan fingerprint density at radius 1 is 1.38 bits per heavy atom. The highest BCUT2D eigenvalue weighted by Gasteiger charge is 2.41. The summed E-state index contributed by atoms with van der Waals surface area (Å²) in [6.45, 7) is 7.72. The fourth-order valence-electron chi connectivity index (χ4n) is 3.99. The van der Waals surface area contributed by atoms with Gasteiger partial charge < -0.3 is 19.3 Å². The number of unbranched alkanes of at least 4 members (excludes halogenated alkanes) is 1. The minimum absolute atomic E-state index is 0.0172. The van der Waals surface area contributed by atoms with E-state index < -0.39 is 17.5 Å². The smallest absolute Gasteiger partial charge is 0.407 e. The number of carboxylic acid groups (broad SMARTS) is 1. The van der Waals surface area contributed by atoms with E-state index in [1.807, 2.05) is 39.1 Å². The van der Waals surface area contributed by atoms with E-state index in [0.717, 1.165) is 49.9 Å². The highest BCUT2D eigenvalue weighted by atomic mass is 32.2. The third-order valence-electron chi connectivity index (χ3n) is 5.55. The molecule has 3 rings (SSSR count). The van der Waals surface area contributed by atoms with Crippen LogP contribution < -0.4 is 4.31 Å². The summed E-state index contributed by atoms with van der Waals surface area (Å²) in [7, 11) is 0. The van der Waals surface area contributed by atoms with Crippen LogP contribution in [-0.4, -0.2) is 62.2 Å². The van der Waals surface area contributed by atoms with Crippen molar-refractivity contribution in [3.05, 3.63) is 24.0 Å². The molecule has 2 aliphatic heterocycles. The van der Waals surface area contributed by atoms with Crippen molar-refractivity contribution in [1.29, 1.82) is 0 Å². The van der Waals surface area contributed by atoms with Gasteiger partial charge in [-0.3, -0.25) is 4.98 Å². The normalized spacial score (nSPS) is 23.2. The summed E-state index contributed by atoms with van der Waals surface area (Å²) in [5.74, 6) is 0. The summed E-state index contributed by atoms with van der Waals surface area (Å²) in [5.41, 5.74) is 2.04. The highest BCUT2D eigenvalue weighted by molar-refractivity contribution is 7.94. The molecule has 1 unspecified atom stereocenters. The van der Waals surface area contributed by atoms with Crippen molar-refractivity contribution in [2.24, 2.45) is 0 Å². The lowest BCUT2D eigenvalue weighted by atomic mass is 9.98. The van der Waals surface area contributed by atoms with Gasteiger partial charge in [0.25, 0.3) is 0 Å². The van der Waals surface area contributed by atoms with Gasteiger partial charge in [0.2, 0.25) is 0 Å². The molecule has 8 heteroatoms. The van der Waals surface area contributed by atoms with E-state index in [-0.39, 0.29) is 16.9 Å². The van der Waals surface area contributed by atoms with Crippen LogP contribution >= 0.6 is 0 Å².